The van der Waals surface area contributed by atoms with Gasteiger partial charge in [0.25, 0.3) is 0 Å². The van der Waals surface area contributed by atoms with Crippen molar-refractivity contribution in [3.05, 3.63) is 80.9 Å². The van der Waals surface area contributed by atoms with E-state index in [-0.39, 0.29) is 5.56 Å². The first-order valence-corrected chi connectivity index (χ1v) is 11.3. The predicted octanol–water partition coefficient (Wildman–Crippen LogP) is 7.30. The summed E-state index contributed by atoms with van der Waals surface area (Å²) < 4.78 is 34.8. The van der Waals surface area contributed by atoms with Gasteiger partial charge < -0.3 is 4.74 Å². The van der Waals surface area contributed by atoms with E-state index in [4.69, 9.17) is 4.74 Å². The number of rotatable bonds is 4. The fourth-order valence-corrected chi connectivity index (χ4v) is 4.99. The summed E-state index contributed by atoms with van der Waals surface area (Å²) in [7, 11) is 0. The Morgan fingerprint density at radius 1 is 0.871 bits per heavy atom. The van der Waals surface area contributed by atoms with Gasteiger partial charge in [-0.05, 0) is 104 Å². The molecule has 4 rings (SSSR count). The van der Waals surface area contributed by atoms with Gasteiger partial charge in [0.1, 0.15) is 11.6 Å². The number of ether oxygens (including phenoxy) is 1. The summed E-state index contributed by atoms with van der Waals surface area (Å²) in [4.78, 5) is 0. The molecule has 0 N–H and O–H groups in total. The van der Waals surface area contributed by atoms with E-state index in [0.717, 1.165) is 37.0 Å². The van der Waals surface area contributed by atoms with E-state index in [0.29, 0.717) is 22.8 Å². The van der Waals surface area contributed by atoms with Crippen molar-refractivity contribution in [3.63, 3.8) is 0 Å². The molecule has 0 saturated carbocycles. The molecule has 0 spiro atoms. The van der Waals surface area contributed by atoms with Crippen LogP contribution in [0.5, 0.6) is 0 Å². The van der Waals surface area contributed by atoms with Crippen LogP contribution < -0.4 is 0 Å². The van der Waals surface area contributed by atoms with Gasteiger partial charge in [0.2, 0.25) is 0 Å². The number of benzene rings is 3. The Bertz CT molecular complexity index is 1100. The second-order valence-corrected chi connectivity index (χ2v) is 9.54. The Kier molecular flexibility index (Phi) is 6.16. The van der Waals surface area contributed by atoms with Crippen LogP contribution in [0.2, 0.25) is 0 Å². The molecule has 2 atom stereocenters. The molecule has 164 valence electrons. The molecule has 0 aromatic heterocycles. The third kappa shape index (κ3) is 4.52. The fraction of sp³-hybridized carbons (Fsp3) is 0.429. The van der Waals surface area contributed by atoms with E-state index in [2.05, 4.69) is 32.9 Å². The molecule has 0 bridgehead atoms. The predicted molar refractivity (Wildman–Crippen MR) is 124 cm³/mol. The second kappa shape index (κ2) is 8.70. The molecule has 0 amide bonds. The third-order valence-corrected chi connectivity index (χ3v) is 6.81. The van der Waals surface area contributed by atoms with Crippen LogP contribution >= 0.6 is 0 Å². The summed E-state index contributed by atoms with van der Waals surface area (Å²) in [5.74, 6) is -0.272. The van der Waals surface area contributed by atoms with E-state index in [9.17, 15) is 8.78 Å². The number of aryl methyl sites for hydroxylation is 3. The largest absolute Gasteiger partial charge is 0.378 e. The molecule has 1 aliphatic rings. The standard InChI is InChI=1S/C28H32F2O/c1-16-6-7-24(31-15-16)12-21-8-17(2)25(18(3)9-21)13-22-10-19(4)27-23(11-22)14-26(29)20(5)28(27)30/h8-11,14,16,24H,6-7,12-13,15H2,1-5H3. The lowest BCUT2D eigenvalue weighted by Gasteiger charge is -2.27. The van der Waals surface area contributed by atoms with E-state index in [1.807, 2.05) is 19.1 Å². The van der Waals surface area contributed by atoms with Gasteiger partial charge in [-0.3, -0.25) is 0 Å². The molecule has 1 fully saturated rings. The number of hydrogen-bond donors (Lipinski definition) is 0. The average Bonchev–Trinajstić information content (AvgIpc) is 2.70. The molecule has 3 heteroatoms. The van der Waals surface area contributed by atoms with E-state index in [1.54, 1.807) is 0 Å². The van der Waals surface area contributed by atoms with Gasteiger partial charge in [-0.25, -0.2) is 8.78 Å². The first-order valence-electron chi connectivity index (χ1n) is 11.3. The summed E-state index contributed by atoms with van der Waals surface area (Å²) in [6, 6.07) is 9.98. The summed E-state index contributed by atoms with van der Waals surface area (Å²) >= 11 is 0. The molecule has 0 aliphatic carbocycles. The van der Waals surface area contributed by atoms with Crippen molar-refractivity contribution in [2.45, 2.75) is 66.4 Å². The van der Waals surface area contributed by atoms with Crippen LogP contribution in [0.15, 0.2) is 30.3 Å². The minimum Gasteiger partial charge on any atom is -0.378 e. The topological polar surface area (TPSA) is 9.23 Å². The molecule has 1 aliphatic heterocycles. The molecule has 1 heterocycles. The van der Waals surface area contributed by atoms with Crippen LogP contribution in [0.1, 0.15) is 58.7 Å². The van der Waals surface area contributed by atoms with Crippen molar-refractivity contribution >= 4 is 10.8 Å². The summed E-state index contributed by atoms with van der Waals surface area (Å²) in [5.41, 5.74) is 7.15. The number of hydrogen-bond acceptors (Lipinski definition) is 1. The maximum absolute atomic E-state index is 14.6. The van der Waals surface area contributed by atoms with Gasteiger partial charge in [0.15, 0.2) is 0 Å². The second-order valence-electron chi connectivity index (χ2n) is 9.54. The Balaban J connectivity index is 1.60. The quantitative estimate of drug-likeness (QED) is 0.429. The highest BCUT2D eigenvalue weighted by molar-refractivity contribution is 5.88. The molecule has 0 radical (unpaired) electrons. The Morgan fingerprint density at radius 2 is 1.55 bits per heavy atom. The molecule has 3 aromatic carbocycles. The van der Waals surface area contributed by atoms with Crippen LogP contribution in [0.3, 0.4) is 0 Å². The Hall–Kier alpha value is -2.26. The summed E-state index contributed by atoms with van der Waals surface area (Å²) in [6.45, 7) is 10.8. The first kappa shape index (κ1) is 22.0. The van der Waals surface area contributed by atoms with Crippen molar-refractivity contribution in [2.75, 3.05) is 6.61 Å². The normalized spacial score (nSPS) is 19.2. The lowest BCUT2D eigenvalue weighted by molar-refractivity contribution is -0.0101. The third-order valence-electron chi connectivity index (χ3n) is 6.81. The molecule has 2 unspecified atom stereocenters. The zero-order valence-electron chi connectivity index (χ0n) is 19.2. The molecule has 3 aromatic rings. The zero-order chi connectivity index (χ0) is 22.3. The van der Waals surface area contributed by atoms with Gasteiger partial charge in [-0.2, -0.15) is 0 Å². The van der Waals surface area contributed by atoms with Crippen LogP contribution in [0, 0.1) is 45.2 Å². The van der Waals surface area contributed by atoms with E-state index >= 15 is 0 Å². The molecular weight excluding hydrogens is 390 g/mol. The lowest BCUT2D eigenvalue weighted by atomic mass is 9.89. The number of fused-ring (bicyclic) bond motifs is 1. The van der Waals surface area contributed by atoms with Crippen molar-refractivity contribution in [2.24, 2.45) is 5.92 Å². The maximum atomic E-state index is 14.6. The van der Waals surface area contributed by atoms with E-state index in [1.165, 1.54) is 41.7 Å². The van der Waals surface area contributed by atoms with Gasteiger partial charge in [0.05, 0.1) is 6.10 Å². The van der Waals surface area contributed by atoms with Crippen LogP contribution in [-0.2, 0) is 17.6 Å². The van der Waals surface area contributed by atoms with Crippen LogP contribution in [0.4, 0.5) is 8.78 Å². The van der Waals surface area contributed by atoms with Crippen molar-refractivity contribution in [1.82, 2.24) is 0 Å². The zero-order valence-corrected chi connectivity index (χ0v) is 19.2. The Morgan fingerprint density at radius 3 is 2.19 bits per heavy atom. The highest BCUT2D eigenvalue weighted by Gasteiger charge is 2.20. The van der Waals surface area contributed by atoms with Gasteiger partial charge in [-0.15, -0.1) is 0 Å². The molecule has 1 nitrogen and oxygen atoms in total. The monoisotopic (exact) mass is 422 g/mol. The number of halogens is 2. The highest BCUT2D eigenvalue weighted by atomic mass is 19.1. The SMILES string of the molecule is Cc1cc(CC2CCC(C)CO2)cc(C)c1Cc1cc(C)c2c(F)c(C)c(F)cc2c1. The van der Waals surface area contributed by atoms with Gasteiger partial charge >= 0.3 is 0 Å². The fourth-order valence-electron chi connectivity index (χ4n) is 4.99. The smallest absolute Gasteiger partial charge is 0.137 e. The van der Waals surface area contributed by atoms with Crippen molar-refractivity contribution < 1.29 is 13.5 Å². The summed E-state index contributed by atoms with van der Waals surface area (Å²) in [5, 5.41) is 1.15. The van der Waals surface area contributed by atoms with Crippen molar-refractivity contribution in [3.8, 4) is 0 Å². The van der Waals surface area contributed by atoms with Gasteiger partial charge in [-0.1, -0.05) is 31.2 Å². The van der Waals surface area contributed by atoms with Gasteiger partial charge in [0, 0.05) is 17.6 Å². The minimum absolute atomic E-state index is 0.0852. The first-order chi connectivity index (χ1) is 14.7. The van der Waals surface area contributed by atoms with Crippen LogP contribution in [-0.4, -0.2) is 12.7 Å². The molecule has 1 saturated heterocycles. The summed E-state index contributed by atoms with van der Waals surface area (Å²) in [6.07, 6.45) is 4.40. The van der Waals surface area contributed by atoms with E-state index < -0.39 is 11.6 Å². The van der Waals surface area contributed by atoms with Crippen LogP contribution in [0.25, 0.3) is 10.8 Å². The highest BCUT2D eigenvalue weighted by Crippen LogP contribution is 2.30. The molecule has 31 heavy (non-hydrogen) atoms. The maximum Gasteiger partial charge on any atom is 0.137 e. The lowest BCUT2D eigenvalue weighted by Crippen LogP contribution is -2.26. The Labute approximate surface area is 184 Å². The average molecular weight is 423 g/mol. The molecular formula is C28H32F2O. The van der Waals surface area contributed by atoms with Crippen molar-refractivity contribution in [1.29, 1.82) is 0 Å². The minimum atomic E-state index is -0.488.